The van der Waals surface area contributed by atoms with E-state index in [9.17, 15) is 4.79 Å². The van der Waals surface area contributed by atoms with Gasteiger partial charge in [0.1, 0.15) is 0 Å². The second-order valence-corrected chi connectivity index (χ2v) is 4.31. The van der Waals surface area contributed by atoms with Crippen LogP contribution < -0.4 is 5.32 Å². The quantitative estimate of drug-likeness (QED) is 0.794. The van der Waals surface area contributed by atoms with Crippen LogP contribution in [0.2, 0.25) is 0 Å². The fourth-order valence-electron chi connectivity index (χ4n) is 1.79. The average molecular weight is 247 g/mol. The van der Waals surface area contributed by atoms with E-state index < -0.39 is 0 Å². The second-order valence-electron chi connectivity index (χ2n) is 4.31. The van der Waals surface area contributed by atoms with Crippen molar-refractivity contribution in [3.63, 3.8) is 0 Å². The number of aromatic nitrogens is 2. The van der Waals surface area contributed by atoms with Crippen LogP contribution in [0.3, 0.4) is 0 Å². The number of hydrogen-bond donors (Lipinski definition) is 2. The van der Waals surface area contributed by atoms with Crippen molar-refractivity contribution < 1.29 is 9.21 Å². The smallest absolute Gasteiger partial charge is 0.287 e. The Bertz CT molecular complexity index is 528. The number of nitrogens with zero attached hydrogens (tertiary/aromatic N) is 1. The van der Waals surface area contributed by atoms with E-state index in [1.165, 1.54) is 11.8 Å². The molecule has 0 spiro atoms. The topological polar surface area (TPSA) is 70.9 Å². The molecule has 0 saturated carbocycles. The molecule has 0 atom stereocenters. The number of nitrogens with one attached hydrogen (secondary N) is 2. The van der Waals surface area contributed by atoms with E-state index in [1.807, 2.05) is 20.0 Å². The van der Waals surface area contributed by atoms with Crippen molar-refractivity contribution in [2.24, 2.45) is 0 Å². The van der Waals surface area contributed by atoms with Crippen LogP contribution in [0, 0.1) is 13.8 Å². The summed E-state index contributed by atoms with van der Waals surface area (Å²) in [7, 11) is 0. The molecule has 0 aliphatic carbocycles. The van der Waals surface area contributed by atoms with Gasteiger partial charge < -0.3 is 9.73 Å². The van der Waals surface area contributed by atoms with Gasteiger partial charge in [0.15, 0.2) is 5.76 Å². The van der Waals surface area contributed by atoms with Crippen LogP contribution in [0.1, 0.15) is 33.8 Å². The summed E-state index contributed by atoms with van der Waals surface area (Å²) in [4.78, 5) is 11.7. The van der Waals surface area contributed by atoms with Crippen molar-refractivity contribution in [2.75, 3.05) is 6.54 Å². The molecule has 2 N–H and O–H groups in total. The molecule has 0 saturated heterocycles. The lowest BCUT2D eigenvalue weighted by atomic mass is 10.1. The highest BCUT2D eigenvalue weighted by atomic mass is 16.3. The molecule has 5 nitrogen and oxygen atoms in total. The Morgan fingerprint density at radius 2 is 2.33 bits per heavy atom. The van der Waals surface area contributed by atoms with E-state index in [1.54, 1.807) is 6.07 Å². The largest absolute Gasteiger partial charge is 0.459 e. The lowest BCUT2D eigenvalue weighted by molar-refractivity contribution is 0.0924. The third-order valence-corrected chi connectivity index (χ3v) is 2.91. The van der Waals surface area contributed by atoms with Gasteiger partial charge in [0, 0.05) is 17.8 Å². The normalized spacial score (nSPS) is 10.6. The zero-order valence-electron chi connectivity index (χ0n) is 10.6. The number of H-pyrrole nitrogens is 1. The zero-order chi connectivity index (χ0) is 13.0. The molecule has 2 aromatic heterocycles. The molecule has 0 unspecified atom stereocenters. The number of carbonyl (C=O) groups excluding carboxylic acids is 1. The highest BCUT2D eigenvalue weighted by Crippen LogP contribution is 2.08. The average Bonchev–Trinajstić information content (AvgIpc) is 2.94. The molecule has 0 radical (unpaired) electrons. The van der Waals surface area contributed by atoms with Gasteiger partial charge in [-0.2, -0.15) is 5.10 Å². The first-order valence-corrected chi connectivity index (χ1v) is 5.99. The summed E-state index contributed by atoms with van der Waals surface area (Å²) in [5.74, 6) is 0.246. The SMILES string of the molecule is Cc1ccoc1C(=O)NCCCc1cn[nH]c1C. The van der Waals surface area contributed by atoms with Crippen molar-refractivity contribution in [1.29, 1.82) is 0 Å². The molecule has 18 heavy (non-hydrogen) atoms. The predicted molar refractivity (Wildman–Crippen MR) is 67.4 cm³/mol. The van der Waals surface area contributed by atoms with Crippen LogP contribution in [0.15, 0.2) is 22.9 Å². The summed E-state index contributed by atoms with van der Waals surface area (Å²) >= 11 is 0. The van der Waals surface area contributed by atoms with E-state index in [4.69, 9.17) is 4.42 Å². The summed E-state index contributed by atoms with van der Waals surface area (Å²) in [5, 5.41) is 9.70. The van der Waals surface area contributed by atoms with Crippen LogP contribution in [-0.4, -0.2) is 22.6 Å². The highest BCUT2D eigenvalue weighted by Gasteiger charge is 2.11. The van der Waals surface area contributed by atoms with Gasteiger partial charge in [0.05, 0.1) is 12.5 Å². The van der Waals surface area contributed by atoms with Crippen molar-refractivity contribution in [1.82, 2.24) is 15.5 Å². The van der Waals surface area contributed by atoms with Crippen molar-refractivity contribution in [3.8, 4) is 0 Å². The Morgan fingerprint density at radius 1 is 1.50 bits per heavy atom. The lowest BCUT2D eigenvalue weighted by Crippen LogP contribution is -2.24. The lowest BCUT2D eigenvalue weighted by Gasteiger charge is -2.03. The third kappa shape index (κ3) is 2.80. The highest BCUT2D eigenvalue weighted by molar-refractivity contribution is 5.92. The molecule has 2 heterocycles. The molecule has 0 aliphatic heterocycles. The van der Waals surface area contributed by atoms with E-state index in [2.05, 4.69) is 15.5 Å². The molecule has 2 rings (SSSR count). The number of carbonyl (C=O) groups is 1. The summed E-state index contributed by atoms with van der Waals surface area (Å²) < 4.78 is 5.12. The molecule has 0 bridgehead atoms. The van der Waals surface area contributed by atoms with Gasteiger partial charge >= 0.3 is 0 Å². The maximum atomic E-state index is 11.7. The maximum Gasteiger partial charge on any atom is 0.287 e. The van der Waals surface area contributed by atoms with Crippen molar-refractivity contribution in [3.05, 3.63) is 41.1 Å². The number of aromatic amines is 1. The van der Waals surface area contributed by atoms with Gasteiger partial charge in [0.25, 0.3) is 5.91 Å². The maximum absolute atomic E-state index is 11.7. The van der Waals surface area contributed by atoms with E-state index >= 15 is 0 Å². The fraction of sp³-hybridized carbons (Fsp3) is 0.385. The Morgan fingerprint density at radius 3 is 2.94 bits per heavy atom. The van der Waals surface area contributed by atoms with Crippen molar-refractivity contribution in [2.45, 2.75) is 26.7 Å². The zero-order valence-corrected chi connectivity index (χ0v) is 10.6. The van der Waals surface area contributed by atoms with E-state index in [0.29, 0.717) is 12.3 Å². The van der Waals surface area contributed by atoms with Crippen molar-refractivity contribution >= 4 is 5.91 Å². The molecule has 5 heteroatoms. The molecule has 1 amide bonds. The first-order chi connectivity index (χ1) is 8.68. The number of furan rings is 1. The summed E-state index contributed by atoms with van der Waals surface area (Å²) in [6.45, 7) is 4.48. The van der Waals surface area contributed by atoms with Crippen LogP contribution >= 0.6 is 0 Å². The Balaban J connectivity index is 1.75. The van der Waals surface area contributed by atoms with Gasteiger partial charge in [0.2, 0.25) is 0 Å². The first-order valence-electron chi connectivity index (χ1n) is 5.99. The minimum atomic E-state index is -0.151. The van der Waals surface area contributed by atoms with Gasteiger partial charge in [-0.1, -0.05) is 0 Å². The number of amides is 1. The second kappa shape index (κ2) is 5.53. The van der Waals surface area contributed by atoms with Crippen LogP contribution in [0.4, 0.5) is 0 Å². The number of aryl methyl sites for hydroxylation is 3. The number of hydrogen-bond acceptors (Lipinski definition) is 3. The predicted octanol–water partition coefficient (Wildman–Crippen LogP) is 1.98. The monoisotopic (exact) mass is 247 g/mol. The summed E-state index contributed by atoms with van der Waals surface area (Å²) in [6.07, 6.45) is 5.14. The van der Waals surface area contributed by atoms with Gasteiger partial charge in [-0.3, -0.25) is 9.89 Å². The summed E-state index contributed by atoms with van der Waals surface area (Å²) in [6, 6.07) is 1.78. The Hall–Kier alpha value is -2.04. The number of rotatable bonds is 5. The van der Waals surface area contributed by atoms with Crippen LogP contribution in [0.5, 0.6) is 0 Å². The molecular weight excluding hydrogens is 230 g/mol. The molecular formula is C13H17N3O2. The van der Waals surface area contributed by atoms with Gasteiger partial charge in [-0.05, 0) is 38.3 Å². The third-order valence-electron chi connectivity index (χ3n) is 2.91. The molecule has 2 aromatic rings. The first kappa shape index (κ1) is 12.4. The molecule has 0 fully saturated rings. The molecule has 0 aliphatic rings. The standard InChI is InChI=1S/C13H17N3O2/c1-9-5-7-18-12(9)13(17)14-6-3-4-11-8-15-16-10(11)2/h5,7-8H,3-4,6H2,1-2H3,(H,14,17)(H,15,16). The van der Waals surface area contributed by atoms with Gasteiger partial charge in [-0.15, -0.1) is 0 Å². The minimum Gasteiger partial charge on any atom is -0.459 e. The van der Waals surface area contributed by atoms with Gasteiger partial charge in [-0.25, -0.2) is 0 Å². The van der Waals surface area contributed by atoms with Crippen LogP contribution in [-0.2, 0) is 6.42 Å². The minimum absolute atomic E-state index is 0.151. The van der Waals surface area contributed by atoms with E-state index in [0.717, 1.165) is 24.1 Å². The van der Waals surface area contributed by atoms with Crippen LogP contribution in [0.25, 0.3) is 0 Å². The Kier molecular flexibility index (Phi) is 3.82. The van der Waals surface area contributed by atoms with E-state index in [-0.39, 0.29) is 5.91 Å². The Labute approximate surface area is 106 Å². The fourth-order valence-corrected chi connectivity index (χ4v) is 1.79. The molecule has 0 aromatic carbocycles. The summed E-state index contributed by atoms with van der Waals surface area (Å²) in [5.41, 5.74) is 3.14. The molecule has 96 valence electrons.